The molecule has 43 heavy (non-hydrogen) atoms. The number of rotatable bonds is 9. The number of nitrogens with one attached hydrogen (secondary N) is 2. The Kier molecular flexibility index (Phi) is 8.94. The van der Waals surface area contributed by atoms with E-state index in [0.29, 0.717) is 34.5 Å². The van der Waals surface area contributed by atoms with E-state index in [2.05, 4.69) is 47.0 Å². The van der Waals surface area contributed by atoms with Gasteiger partial charge in [0.05, 0.1) is 30.5 Å². The molecule has 2 N–H and O–H groups in total. The normalized spacial score (nSPS) is 14.3. The van der Waals surface area contributed by atoms with Crippen LogP contribution in [0.4, 0.5) is 17.1 Å². The first-order chi connectivity index (χ1) is 20.3. The number of hydrogen-bond acceptors (Lipinski definition) is 7. The summed E-state index contributed by atoms with van der Waals surface area (Å²) in [5.41, 5.74) is 3.65. The van der Waals surface area contributed by atoms with E-state index in [9.17, 15) is 13.2 Å². The molecule has 5 rings (SSSR count). The highest BCUT2D eigenvalue weighted by Gasteiger charge is 2.27. The molecule has 2 heterocycles. The molecule has 0 bridgehead atoms. The largest absolute Gasteiger partial charge is 0.491 e. The van der Waals surface area contributed by atoms with Crippen molar-refractivity contribution in [1.29, 1.82) is 0 Å². The van der Waals surface area contributed by atoms with E-state index in [4.69, 9.17) is 21.1 Å². The van der Waals surface area contributed by atoms with Crippen molar-refractivity contribution >= 4 is 66.0 Å². The van der Waals surface area contributed by atoms with Crippen molar-refractivity contribution in [3.8, 4) is 5.75 Å². The Morgan fingerprint density at radius 2 is 1.72 bits per heavy atom. The Labute approximate surface area is 262 Å². The molecule has 1 saturated heterocycles. The summed E-state index contributed by atoms with van der Waals surface area (Å²) in [5.74, 6) is 0.532. The third-order valence-corrected chi connectivity index (χ3v) is 9.22. The number of halogens is 1. The zero-order valence-corrected chi connectivity index (χ0v) is 27.3. The standard InChI is InChI=1S/C32H36ClN3O5S2/c1-20(2)41-28-17-23(16-27(19-28)36-8-10-40-11-9-36)32(3,4)22-14-24(33)18-26(15-22)34-31(37)30-13-21-12-25(35-43(5,38)39)6-7-29(21)42-30/h6-7,12-20,35H,8-11H2,1-5H3,(H,34,37). The second-order valence-electron chi connectivity index (χ2n) is 11.5. The van der Waals surface area contributed by atoms with Gasteiger partial charge in [-0.3, -0.25) is 9.52 Å². The molecule has 0 unspecified atom stereocenters. The molecule has 1 aliphatic rings. The number of carbonyl (C=O) groups is 1. The molecule has 0 saturated carbocycles. The summed E-state index contributed by atoms with van der Waals surface area (Å²) >= 11 is 7.94. The third kappa shape index (κ3) is 7.62. The van der Waals surface area contributed by atoms with Crippen LogP contribution in [0.1, 0.15) is 48.5 Å². The maximum Gasteiger partial charge on any atom is 0.265 e. The minimum absolute atomic E-state index is 0.0281. The van der Waals surface area contributed by atoms with Crippen molar-refractivity contribution in [3.05, 3.63) is 81.7 Å². The molecule has 1 fully saturated rings. The lowest BCUT2D eigenvalue weighted by molar-refractivity contribution is 0.103. The molecular formula is C32H36ClN3O5S2. The smallest absolute Gasteiger partial charge is 0.265 e. The van der Waals surface area contributed by atoms with E-state index in [1.807, 2.05) is 26.0 Å². The second kappa shape index (κ2) is 12.4. The van der Waals surface area contributed by atoms with Crippen LogP contribution in [-0.4, -0.2) is 53.0 Å². The summed E-state index contributed by atoms with van der Waals surface area (Å²) in [6, 6.07) is 18.9. The van der Waals surface area contributed by atoms with Crippen molar-refractivity contribution in [2.75, 3.05) is 47.5 Å². The zero-order valence-electron chi connectivity index (χ0n) is 24.9. The van der Waals surface area contributed by atoms with Gasteiger partial charge < -0.3 is 19.7 Å². The Morgan fingerprint density at radius 1 is 1.00 bits per heavy atom. The highest BCUT2D eigenvalue weighted by Crippen LogP contribution is 2.39. The molecule has 0 spiro atoms. The summed E-state index contributed by atoms with van der Waals surface area (Å²) in [6.07, 6.45) is 1.13. The predicted molar refractivity (Wildman–Crippen MR) is 177 cm³/mol. The Bertz CT molecular complexity index is 1760. The van der Waals surface area contributed by atoms with Gasteiger partial charge in [-0.05, 0) is 85.0 Å². The van der Waals surface area contributed by atoms with Crippen LogP contribution in [0, 0.1) is 0 Å². The Hall–Kier alpha value is -3.31. The van der Waals surface area contributed by atoms with Crippen LogP contribution in [0.15, 0.2) is 60.7 Å². The highest BCUT2D eigenvalue weighted by atomic mass is 35.5. The van der Waals surface area contributed by atoms with E-state index >= 15 is 0 Å². The number of benzene rings is 3. The molecule has 1 aromatic heterocycles. The number of thiophene rings is 1. The first-order valence-corrected chi connectivity index (χ1v) is 17.1. The quantitative estimate of drug-likeness (QED) is 0.202. The number of hydrogen-bond donors (Lipinski definition) is 2. The Balaban J connectivity index is 1.43. The lowest BCUT2D eigenvalue weighted by Crippen LogP contribution is -2.36. The minimum atomic E-state index is -3.41. The van der Waals surface area contributed by atoms with Crippen molar-refractivity contribution in [2.24, 2.45) is 0 Å². The van der Waals surface area contributed by atoms with Crippen LogP contribution in [0.2, 0.25) is 5.02 Å². The highest BCUT2D eigenvalue weighted by molar-refractivity contribution is 7.92. The number of morpholine rings is 1. The van der Waals surface area contributed by atoms with Gasteiger partial charge in [0.15, 0.2) is 0 Å². The summed E-state index contributed by atoms with van der Waals surface area (Å²) in [7, 11) is -3.41. The SMILES string of the molecule is CC(C)Oc1cc(N2CCOCC2)cc(C(C)(C)c2cc(Cl)cc(NC(=O)c3cc4cc(NS(C)(=O)=O)ccc4s3)c2)c1. The minimum Gasteiger partial charge on any atom is -0.491 e. The average Bonchev–Trinajstić information content (AvgIpc) is 3.35. The number of ether oxygens (including phenoxy) is 2. The van der Waals surface area contributed by atoms with E-state index < -0.39 is 15.4 Å². The number of sulfonamides is 1. The molecule has 3 aromatic carbocycles. The van der Waals surface area contributed by atoms with Gasteiger partial charge in [0.1, 0.15) is 5.75 Å². The Morgan fingerprint density at radius 3 is 2.42 bits per heavy atom. The van der Waals surface area contributed by atoms with Gasteiger partial charge in [0.2, 0.25) is 10.0 Å². The molecule has 0 aliphatic carbocycles. The molecule has 11 heteroatoms. The van der Waals surface area contributed by atoms with Gasteiger partial charge in [-0.2, -0.15) is 0 Å². The molecule has 4 aromatic rings. The summed E-state index contributed by atoms with van der Waals surface area (Å²) < 4.78 is 38.3. The van der Waals surface area contributed by atoms with Crippen LogP contribution >= 0.6 is 22.9 Å². The predicted octanol–water partition coefficient (Wildman–Crippen LogP) is 7.13. The van der Waals surface area contributed by atoms with Crippen LogP contribution < -0.4 is 19.7 Å². The van der Waals surface area contributed by atoms with Crippen molar-refractivity contribution < 1.29 is 22.7 Å². The lowest BCUT2D eigenvalue weighted by atomic mass is 9.77. The number of amides is 1. The molecule has 228 valence electrons. The van der Waals surface area contributed by atoms with Crippen molar-refractivity contribution in [1.82, 2.24) is 0 Å². The van der Waals surface area contributed by atoms with Crippen LogP contribution in [0.25, 0.3) is 10.1 Å². The van der Waals surface area contributed by atoms with E-state index in [-0.39, 0.29) is 12.0 Å². The van der Waals surface area contributed by atoms with Crippen molar-refractivity contribution in [3.63, 3.8) is 0 Å². The third-order valence-electron chi connectivity index (χ3n) is 7.28. The number of fused-ring (bicyclic) bond motifs is 1. The summed E-state index contributed by atoms with van der Waals surface area (Å²) in [5, 5.41) is 4.29. The van der Waals surface area contributed by atoms with Gasteiger partial charge in [0, 0.05) is 51.4 Å². The number of carbonyl (C=O) groups excluding carboxylic acids is 1. The van der Waals surface area contributed by atoms with Gasteiger partial charge >= 0.3 is 0 Å². The summed E-state index contributed by atoms with van der Waals surface area (Å²) in [6.45, 7) is 11.3. The molecule has 1 amide bonds. The number of nitrogens with zero attached hydrogens (tertiary/aromatic N) is 1. The second-order valence-corrected chi connectivity index (χ2v) is 14.8. The summed E-state index contributed by atoms with van der Waals surface area (Å²) in [4.78, 5) is 16.1. The van der Waals surface area contributed by atoms with Crippen LogP contribution in [0.5, 0.6) is 5.75 Å². The number of anilines is 3. The maximum absolute atomic E-state index is 13.3. The van der Waals surface area contributed by atoms with Crippen LogP contribution in [-0.2, 0) is 20.2 Å². The molecular weight excluding hydrogens is 606 g/mol. The van der Waals surface area contributed by atoms with E-state index in [1.54, 1.807) is 30.3 Å². The van der Waals surface area contributed by atoms with Crippen LogP contribution in [0.3, 0.4) is 0 Å². The fourth-order valence-electron chi connectivity index (χ4n) is 5.10. The van der Waals surface area contributed by atoms with Gasteiger partial charge in [-0.15, -0.1) is 11.3 Å². The lowest BCUT2D eigenvalue weighted by Gasteiger charge is -2.32. The maximum atomic E-state index is 13.3. The average molecular weight is 642 g/mol. The van der Waals surface area contributed by atoms with E-state index in [0.717, 1.165) is 52.0 Å². The first-order valence-electron chi connectivity index (χ1n) is 14.1. The fourth-order valence-corrected chi connectivity index (χ4v) is 6.83. The van der Waals surface area contributed by atoms with E-state index in [1.165, 1.54) is 11.3 Å². The van der Waals surface area contributed by atoms with Gasteiger partial charge in [-0.25, -0.2) is 8.42 Å². The van der Waals surface area contributed by atoms with Gasteiger partial charge in [0.25, 0.3) is 5.91 Å². The zero-order chi connectivity index (χ0) is 30.9. The van der Waals surface area contributed by atoms with Crippen molar-refractivity contribution in [2.45, 2.75) is 39.2 Å². The monoisotopic (exact) mass is 641 g/mol. The molecule has 8 nitrogen and oxygen atoms in total. The molecule has 1 aliphatic heterocycles. The topological polar surface area (TPSA) is 97.0 Å². The first kappa shape index (κ1) is 31.1. The molecule has 0 radical (unpaired) electrons. The van der Waals surface area contributed by atoms with Gasteiger partial charge in [-0.1, -0.05) is 25.4 Å². The molecule has 0 atom stereocenters. The fraction of sp³-hybridized carbons (Fsp3) is 0.344.